The summed E-state index contributed by atoms with van der Waals surface area (Å²) in [6.45, 7) is 0. The fourth-order valence-electron chi connectivity index (χ4n) is 1.12. The number of rotatable bonds is 4. The lowest BCUT2D eigenvalue weighted by molar-refractivity contribution is -0.410. The number of ether oxygens (including phenoxy) is 2. The van der Waals surface area contributed by atoms with Crippen LogP contribution in [0, 0.1) is 10.1 Å². The highest BCUT2D eigenvalue weighted by atomic mass is 35.5. The van der Waals surface area contributed by atoms with Gasteiger partial charge >= 0.3 is 5.16 Å². The van der Waals surface area contributed by atoms with E-state index in [2.05, 4.69) is 0 Å². The van der Waals surface area contributed by atoms with E-state index >= 15 is 0 Å². The molecule has 0 saturated heterocycles. The molecule has 16 heavy (non-hydrogen) atoms. The number of nitrogens with zero attached hydrogens (tertiary/aromatic N) is 1. The predicted octanol–water partition coefficient (Wildman–Crippen LogP) is 2.52. The lowest BCUT2D eigenvalue weighted by atomic mass is 10.2. The molecule has 0 radical (unpaired) electrons. The molecule has 0 N–H and O–H groups in total. The summed E-state index contributed by atoms with van der Waals surface area (Å²) in [6.07, 6.45) is 1.22. The Balaban J connectivity index is 3.14. The zero-order chi connectivity index (χ0) is 12.1. The number of nitro groups is 1. The highest BCUT2D eigenvalue weighted by Gasteiger charge is 2.09. The second-order valence-corrected chi connectivity index (χ2v) is 3.22. The van der Waals surface area contributed by atoms with Gasteiger partial charge in [0.15, 0.2) is 0 Å². The van der Waals surface area contributed by atoms with Gasteiger partial charge < -0.3 is 9.47 Å². The third-order valence-electron chi connectivity index (χ3n) is 1.89. The first-order chi connectivity index (χ1) is 7.58. The van der Waals surface area contributed by atoms with Crippen LogP contribution in [0.15, 0.2) is 23.4 Å². The van der Waals surface area contributed by atoms with Crippen molar-refractivity contribution in [2.45, 2.75) is 0 Å². The molecule has 0 aliphatic rings. The summed E-state index contributed by atoms with van der Waals surface area (Å²) in [5.74, 6) is 1.06. The van der Waals surface area contributed by atoms with Crippen molar-refractivity contribution in [3.8, 4) is 11.5 Å². The van der Waals surface area contributed by atoms with Gasteiger partial charge in [-0.05, 0) is 23.7 Å². The molecule has 0 aliphatic carbocycles. The van der Waals surface area contributed by atoms with Crippen LogP contribution in [0.25, 0.3) is 6.08 Å². The first-order valence-electron chi connectivity index (χ1n) is 4.32. The van der Waals surface area contributed by atoms with E-state index in [9.17, 15) is 10.1 Å². The van der Waals surface area contributed by atoms with Gasteiger partial charge in [0, 0.05) is 17.7 Å². The Bertz CT molecular complexity index is 431. The standard InChI is InChI=1S/C10H10ClNO4/c1-15-8-4-3-7(9(6-8)16-2)5-10(11)12(13)14/h3-6H,1-2H3/b10-5-. The Morgan fingerprint density at radius 2 is 2.12 bits per heavy atom. The van der Waals surface area contributed by atoms with Crippen molar-refractivity contribution in [1.82, 2.24) is 0 Å². The molecule has 0 saturated carbocycles. The summed E-state index contributed by atoms with van der Waals surface area (Å²) in [4.78, 5) is 9.69. The van der Waals surface area contributed by atoms with Gasteiger partial charge in [0.2, 0.25) is 0 Å². The zero-order valence-electron chi connectivity index (χ0n) is 8.77. The van der Waals surface area contributed by atoms with E-state index in [-0.39, 0.29) is 0 Å². The Labute approximate surface area is 97.4 Å². The van der Waals surface area contributed by atoms with Crippen LogP contribution in [0.3, 0.4) is 0 Å². The molecule has 0 fully saturated rings. The van der Waals surface area contributed by atoms with Crippen molar-refractivity contribution < 1.29 is 14.4 Å². The highest BCUT2D eigenvalue weighted by molar-refractivity contribution is 6.29. The summed E-state index contributed by atoms with van der Waals surface area (Å²) in [6, 6.07) is 4.91. The van der Waals surface area contributed by atoms with Crippen LogP contribution < -0.4 is 9.47 Å². The van der Waals surface area contributed by atoms with E-state index in [0.29, 0.717) is 17.1 Å². The van der Waals surface area contributed by atoms with E-state index in [0.717, 1.165) is 0 Å². The van der Waals surface area contributed by atoms with Crippen molar-refractivity contribution in [3.05, 3.63) is 39.0 Å². The Morgan fingerprint density at radius 1 is 1.44 bits per heavy atom. The van der Waals surface area contributed by atoms with Crippen LogP contribution in [0.4, 0.5) is 0 Å². The fourth-order valence-corrected chi connectivity index (χ4v) is 1.24. The van der Waals surface area contributed by atoms with Crippen molar-refractivity contribution in [2.24, 2.45) is 0 Å². The summed E-state index contributed by atoms with van der Waals surface area (Å²) in [5, 5.41) is 9.90. The van der Waals surface area contributed by atoms with Gasteiger partial charge in [-0.3, -0.25) is 10.1 Å². The number of hydrogen-bond acceptors (Lipinski definition) is 4. The van der Waals surface area contributed by atoms with Crippen molar-refractivity contribution in [3.63, 3.8) is 0 Å². The molecule has 0 spiro atoms. The van der Waals surface area contributed by atoms with E-state index in [4.69, 9.17) is 21.1 Å². The Morgan fingerprint density at radius 3 is 2.62 bits per heavy atom. The maximum Gasteiger partial charge on any atom is 0.337 e. The average Bonchev–Trinajstić information content (AvgIpc) is 2.29. The predicted molar refractivity (Wildman–Crippen MR) is 60.4 cm³/mol. The third kappa shape index (κ3) is 2.87. The molecular weight excluding hydrogens is 234 g/mol. The summed E-state index contributed by atoms with van der Waals surface area (Å²) < 4.78 is 10.1. The first kappa shape index (κ1) is 12.3. The van der Waals surface area contributed by atoms with Gasteiger partial charge in [0.25, 0.3) is 0 Å². The van der Waals surface area contributed by atoms with E-state index in [1.54, 1.807) is 18.2 Å². The number of benzene rings is 1. The molecule has 0 bridgehead atoms. The fraction of sp³-hybridized carbons (Fsp3) is 0.200. The van der Waals surface area contributed by atoms with Crippen LogP contribution >= 0.6 is 11.6 Å². The minimum Gasteiger partial charge on any atom is -0.497 e. The minimum absolute atomic E-state index is 0.458. The molecule has 6 heteroatoms. The van der Waals surface area contributed by atoms with Crippen LogP contribution in [0.5, 0.6) is 11.5 Å². The van der Waals surface area contributed by atoms with E-state index < -0.39 is 10.1 Å². The average molecular weight is 244 g/mol. The number of methoxy groups -OCH3 is 2. The molecule has 0 amide bonds. The van der Waals surface area contributed by atoms with Crippen LogP contribution in [-0.4, -0.2) is 19.1 Å². The largest absolute Gasteiger partial charge is 0.497 e. The summed E-state index contributed by atoms with van der Waals surface area (Å²) in [7, 11) is 2.99. The SMILES string of the molecule is COc1ccc(/C=C(/Cl)[N+](=O)[O-])c(OC)c1. The third-order valence-corrected chi connectivity index (χ3v) is 2.14. The second-order valence-electron chi connectivity index (χ2n) is 2.83. The molecule has 1 aromatic carbocycles. The normalized spacial score (nSPS) is 11.1. The quantitative estimate of drug-likeness (QED) is 0.463. The van der Waals surface area contributed by atoms with Gasteiger partial charge in [0.05, 0.1) is 19.1 Å². The number of halogens is 1. The Hall–Kier alpha value is -1.75. The monoisotopic (exact) mass is 243 g/mol. The van der Waals surface area contributed by atoms with E-state index in [1.807, 2.05) is 0 Å². The summed E-state index contributed by atoms with van der Waals surface area (Å²) in [5.41, 5.74) is 0.519. The number of hydrogen-bond donors (Lipinski definition) is 0. The molecular formula is C10H10ClNO4. The lowest BCUT2D eigenvalue weighted by Gasteiger charge is -2.06. The maximum absolute atomic E-state index is 10.4. The van der Waals surface area contributed by atoms with Crippen molar-refractivity contribution >= 4 is 17.7 Å². The molecule has 1 rings (SSSR count). The molecule has 0 aliphatic heterocycles. The van der Waals surface area contributed by atoms with Gasteiger partial charge in [-0.25, -0.2) is 0 Å². The molecule has 0 heterocycles. The second kappa shape index (κ2) is 5.37. The van der Waals surface area contributed by atoms with Gasteiger partial charge in [-0.15, -0.1) is 0 Å². The molecule has 0 atom stereocenters. The highest BCUT2D eigenvalue weighted by Crippen LogP contribution is 2.27. The Kier molecular flexibility index (Phi) is 4.13. The molecule has 0 aromatic heterocycles. The lowest BCUT2D eigenvalue weighted by Crippen LogP contribution is -1.93. The van der Waals surface area contributed by atoms with Gasteiger partial charge in [0.1, 0.15) is 11.5 Å². The van der Waals surface area contributed by atoms with Crippen LogP contribution in [-0.2, 0) is 0 Å². The van der Waals surface area contributed by atoms with E-state index in [1.165, 1.54) is 20.3 Å². The van der Waals surface area contributed by atoms with Crippen molar-refractivity contribution in [2.75, 3.05) is 14.2 Å². The summed E-state index contributed by atoms with van der Waals surface area (Å²) >= 11 is 5.43. The minimum atomic E-state index is -0.675. The molecule has 5 nitrogen and oxygen atoms in total. The maximum atomic E-state index is 10.4. The van der Waals surface area contributed by atoms with Crippen LogP contribution in [0.1, 0.15) is 5.56 Å². The molecule has 0 unspecified atom stereocenters. The molecule has 86 valence electrons. The zero-order valence-corrected chi connectivity index (χ0v) is 9.52. The van der Waals surface area contributed by atoms with Crippen molar-refractivity contribution in [1.29, 1.82) is 0 Å². The topological polar surface area (TPSA) is 61.6 Å². The first-order valence-corrected chi connectivity index (χ1v) is 4.70. The van der Waals surface area contributed by atoms with Gasteiger partial charge in [-0.2, -0.15) is 0 Å². The van der Waals surface area contributed by atoms with Gasteiger partial charge in [-0.1, -0.05) is 0 Å². The molecule has 1 aromatic rings. The van der Waals surface area contributed by atoms with Crippen LogP contribution in [0.2, 0.25) is 0 Å². The smallest absolute Gasteiger partial charge is 0.337 e.